The van der Waals surface area contributed by atoms with Gasteiger partial charge in [0.25, 0.3) is 10.1 Å². The topological polar surface area (TPSA) is 81.7 Å². The lowest BCUT2D eigenvalue weighted by atomic mass is 9.94. The number of ether oxygens (including phenoxy) is 1. The van der Waals surface area contributed by atoms with E-state index in [1.54, 1.807) is 56.5 Å². The van der Waals surface area contributed by atoms with E-state index >= 15 is 0 Å². The molecule has 0 radical (unpaired) electrons. The van der Waals surface area contributed by atoms with Gasteiger partial charge >= 0.3 is 0 Å². The van der Waals surface area contributed by atoms with Crippen molar-refractivity contribution in [2.24, 2.45) is 11.8 Å². The number of hydrogen-bond donors (Lipinski definition) is 1. The Morgan fingerprint density at radius 1 is 0.963 bits per heavy atom. The van der Waals surface area contributed by atoms with Crippen LogP contribution in [-0.4, -0.2) is 27.5 Å². The maximum absolute atomic E-state index is 12.6. The van der Waals surface area contributed by atoms with E-state index in [9.17, 15) is 13.2 Å². The zero-order valence-electron chi connectivity index (χ0n) is 15.9. The number of nitrogens with one attached hydrogen (secondary N) is 1. The Bertz CT molecular complexity index is 848. The molecule has 0 aliphatic heterocycles. The predicted octanol–water partition coefficient (Wildman–Crippen LogP) is 3.70. The van der Waals surface area contributed by atoms with E-state index in [4.69, 9.17) is 8.92 Å². The van der Waals surface area contributed by atoms with E-state index in [-0.39, 0.29) is 16.7 Å². The van der Waals surface area contributed by atoms with Crippen molar-refractivity contribution in [3.63, 3.8) is 0 Å². The summed E-state index contributed by atoms with van der Waals surface area (Å²) in [7, 11) is -2.40. The first kappa shape index (κ1) is 20.9. The number of carbonyl (C=O) groups excluding carboxylic acids is 1. The second kappa shape index (κ2) is 9.01. The van der Waals surface area contributed by atoms with Gasteiger partial charge in [0, 0.05) is 5.69 Å². The summed E-state index contributed by atoms with van der Waals surface area (Å²) in [5, 5.41) is 2.78. The molecule has 2 atom stereocenters. The van der Waals surface area contributed by atoms with Crippen LogP contribution >= 0.6 is 0 Å². The summed E-state index contributed by atoms with van der Waals surface area (Å²) in [6, 6.07) is 14.8. The Labute approximate surface area is 160 Å². The maximum Gasteiger partial charge on any atom is 0.297 e. The highest BCUT2D eigenvalue weighted by molar-refractivity contribution is 7.86. The highest BCUT2D eigenvalue weighted by Gasteiger charge is 2.32. The van der Waals surface area contributed by atoms with Gasteiger partial charge in [0.1, 0.15) is 5.75 Å². The first-order chi connectivity index (χ1) is 12.7. The zero-order chi connectivity index (χ0) is 20.0. The molecule has 0 saturated carbocycles. The summed E-state index contributed by atoms with van der Waals surface area (Å²) in [4.78, 5) is 12.7. The molecule has 2 aromatic rings. The van der Waals surface area contributed by atoms with Gasteiger partial charge in [-0.05, 0) is 42.3 Å². The molecule has 7 heteroatoms. The molecular formula is C20H25NO5S. The Hall–Kier alpha value is -2.38. The van der Waals surface area contributed by atoms with Crippen molar-refractivity contribution in [3.05, 3.63) is 54.6 Å². The fraction of sp³-hybridized carbons (Fsp3) is 0.350. The number of carbonyl (C=O) groups is 1. The summed E-state index contributed by atoms with van der Waals surface area (Å²) in [6.45, 7) is 5.30. The van der Waals surface area contributed by atoms with Gasteiger partial charge in [-0.2, -0.15) is 8.42 Å². The van der Waals surface area contributed by atoms with E-state index < -0.39 is 22.1 Å². The molecule has 0 aliphatic carbocycles. The number of methoxy groups -OCH3 is 1. The van der Waals surface area contributed by atoms with Gasteiger partial charge in [0.2, 0.25) is 5.91 Å². The highest BCUT2D eigenvalue weighted by atomic mass is 32.2. The number of benzene rings is 2. The average Bonchev–Trinajstić information content (AvgIpc) is 2.66. The summed E-state index contributed by atoms with van der Waals surface area (Å²) in [5.74, 6) is -0.494. The van der Waals surface area contributed by atoms with Crippen molar-refractivity contribution in [3.8, 4) is 5.75 Å². The van der Waals surface area contributed by atoms with Gasteiger partial charge in [-0.15, -0.1) is 0 Å². The minimum atomic E-state index is -3.96. The van der Waals surface area contributed by atoms with Crippen molar-refractivity contribution < 1.29 is 22.1 Å². The average molecular weight is 391 g/mol. The lowest BCUT2D eigenvalue weighted by molar-refractivity contribution is -0.122. The van der Waals surface area contributed by atoms with Crippen LogP contribution in [0.4, 0.5) is 5.69 Å². The van der Waals surface area contributed by atoms with Crippen LogP contribution in [-0.2, 0) is 19.1 Å². The second-order valence-corrected chi connectivity index (χ2v) is 8.15. The monoisotopic (exact) mass is 391 g/mol. The number of amides is 1. The smallest absolute Gasteiger partial charge is 0.297 e. The highest BCUT2D eigenvalue weighted by Crippen LogP contribution is 2.24. The fourth-order valence-electron chi connectivity index (χ4n) is 2.64. The lowest BCUT2D eigenvalue weighted by Gasteiger charge is -2.26. The third-order valence-electron chi connectivity index (χ3n) is 4.19. The van der Waals surface area contributed by atoms with Crippen LogP contribution in [0.5, 0.6) is 5.75 Å². The third kappa shape index (κ3) is 5.55. The SMILES string of the molecule is COc1ccc(NC(=O)[C@H](C)[C@H](OS(=O)(=O)c2ccccc2)C(C)C)cc1. The van der Waals surface area contributed by atoms with Crippen molar-refractivity contribution in [2.75, 3.05) is 12.4 Å². The van der Waals surface area contributed by atoms with Gasteiger partial charge in [0.05, 0.1) is 24.0 Å². The molecule has 2 aromatic carbocycles. The summed E-state index contributed by atoms with van der Waals surface area (Å²) in [6.07, 6.45) is -0.798. The van der Waals surface area contributed by atoms with E-state index in [1.807, 2.05) is 13.8 Å². The molecular weight excluding hydrogens is 366 g/mol. The van der Waals surface area contributed by atoms with Crippen molar-refractivity contribution in [1.29, 1.82) is 0 Å². The van der Waals surface area contributed by atoms with E-state index in [0.29, 0.717) is 11.4 Å². The van der Waals surface area contributed by atoms with E-state index in [2.05, 4.69) is 5.32 Å². The van der Waals surface area contributed by atoms with Crippen LogP contribution in [0.15, 0.2) is 59.5 Å². The third-order valence-corrected chi connectivity index (χ3v) is 5.52. The molecule has 27 heavy (non-hydrogen) atoms. The Kier molecular flexibility index (Phi) is 6.98. The zero-order valence-corrected chi connectivity index (χ0v) is 16.7. The van der Waals surface area contributed by atoms with Crippen LogP contribution in [0, 0.1) is 11.8 Å². The normalized spacial score (nSPS) is 13.8. The van der Waals surface area contributed by atoms with Crippen LogP contribution < -0.4 is 10.1 Å². The lowest BCUT2D eigenvalue weighted by Crippen LogP contribution is -2.37. The fourth-order valence-corrected chi connectivity index (χ4v) is 3.92. The predicted molar refractivity (Wildman–Crippen MR) is 104 cm³/mol. The van der Waals surface area contributed by atoms with Crippen LogP contribution in [0.25, 0.3) is 0 Å². The summed E-state index contributed by atoms with van der Waals surface area (Å²) in [5.41, 5.74) is 0.598. The number of rotatable bonds is 8. The van der Waals surface area contributed by atoms with E-state index in [1.165, 1.54) is 12.1 Å². The van der Waals surface area contributed by atoms with Gasteiger partial charge in [0.15, 0.2) is 0 Å². The summed E-state index contributed by atoms with van der Waals surface area (Å²) >= 11 is 0. The minimum Gasteiger partial charge on any atom is -0.497 e. The largest absolute Gasteiger partial charge is 0.497 e. The van der Waals surface area contributed by atoms with Crippen molar-refractivity contribution >= 4 is 21.7 Å². The van der Waals surface area contributed by atoms with Crippen molar-refractivity contribution in [2.45, 2.75) is 31.8 Å². The quantitative estimate of drug-likeness (QED) is 0.694. The molecule has 0 bridgehead atoms. The molecule has 0 aliphatic rings. The standard InChI is InChI=1S/C20H25NO5S/c1-14(2)19(26-27(23,24)18-8-6-5-7-9-18)15(3)20(22)21-16-10-12-17(25-4)13-11-16/h5-15,19H,1-4H3,(H,21,22)/t15-,19-/m1/s1. The Morgan fingerprint density at radius 3 is 2.07 bits per heavy atom. The Morgan fingerprint density at radius 2 is 1.56 bits per heavy atom. The second-order valence-electron chi connectivity index (χ2n) is 6.58. The molecule has 0 unspecified atom stereocenters. The first-order valence-electron chi connectivity index (χ1n) is 8.68. The van der Waals surface area contributed by atoms with Gasteiger partial charge in [-0.25, -0.2) is 0 Å². The molecule has 1 amide bonds. The Balaban J connectivity index is 2.13. The molecule has 0 fully saturated rings. The van der Waals surface area contributed by atoms with Gasteiger partial charge < -0.3 is 10.1 Å². The first-order valence-corrected chi connectivity index (χ1v) is 10.1. The van der Waals surface area contributed by atoms with Crippen molar-refractivity contribution in [1.82, 2.24) is 0 Å². The van der Waals surface area contributed by atoms with Crippen LogP contribution in [0.1, 0.15) is 20.8 Å². The number of hydrogen-bond acceptors (Lipinski definition) is 5. The molecule has 1 N–H and O–H groups in total. The summed E-state index contributed by atoms with van der Waals surface area (Å²) < 4.78 is 35.6. The number of anilines is 1. The molecule has 0 saturated heterocycles. The molecule has 146 valence electrons. The molecule has 0 aromatic heterocycles. The molecule has 6 nitrogen and oxygen atoms in total. The molecule has 0 heterocycles. The van der Waals surface area contributed by atoms with Crippen LogP contribution in [0.2, 0.25) is 0 Å². The van der Waals surface area contributed by atoms with Crippen LogP contribution in [0.3, 0.4) is 0 Å². The van der Waals surface area contributed by atoms with Gasteiger partial charge in [-0.1, -0.05) is 39.0 Å². The van der Waals surface area contributed by atoms with E-state index in [0.717, 1.165) is 0 Å². The minimum absolute atomic E-state index is 0.0680. The maximum atomic E-state index is 12.6. The van der Waals surface area contributed by atoms with Gasteiger partial charge in [-0.3, -0.25) is 8.98 Å². The molecule has 0 spiro atoms. The molecule has 2 rings (SSSR count).